The summed E-state index contributed by atoms with van der Waals surface area (Å²) in [6.07, 6.45) is 0. The van der Waals surface area contributed by atoms with E-state index >= 15 is 0 Å². The standard InChI is InChI=1S/C29H26ClFN2O6S/c1-3-38-23-13-15-24(16-14-23)40(35,36)33(22-11-9-21(31)10-12-22)19-29(34)32-25-18-20(30)8-17-26(25)39-28-7-5-4-6-27(28)37-2/h4-18H,3,19H2,1-2H3,(H,32,34). The van der Waals surface area contributed by atoms with Gasteiger partial charge in [0.25, 0.3) is 10.0 Å². The van der Waals surface area contributed by atoms with Gasteiger partial charge in [-0.1, -0.05) is 23.7 Å². The highest BCUT2D eigenvalue weighted by atomic mass is 35.5. The second-order valence-electron chi connectivity index (χ2n) is 8.33. The highest BCUT2D eigenvalue weighted by Crippen LogP contribution is 2.36. The molecule has 0 atom stereocenters. The van der Waals surface area contributed by atoms with E-state index in [1.54, 1.807) is 36.4 Å². The highest BCUT2D eigenvalue weighted by Gasteiger charge is 2.28. The van der Waals surface area contributed by atoms with E-state index in [4.69, 9.17) is 25.8 Å². The summed E-state index contributed by atoms with van der Waals surface area (Å²) in [5.74, 6) is 0.378. The van der Waals surface area contributed by atoms with Crippen molar-refractivity contribution in [3.8, 4) is 23.0 Å². The van der Waals surface area contributed by atoms with E-state index in [1.165, 1.54) is 49.6 Å². The number of carbonyl (C=O) groups is 1. The molecule has 0 spiro atoms. The molecule has 0 radical (unpaired) electrons. The number of sulfonamides is 1. The van der Waals surface area contributed by atoms with Gasteiger partial charge < -0.3 is 19.5 Å². The zero-order valence-corrected chi connectivity index (χ0v) is 23.2. The number of hydrogen-bond acceptors (Lipinski definition) is 6. The predicted molar refractivity (Wildman–Crippen MR) is 152 cm³/mol. The van der Waals surface area contributed by atoms with Gasteiger partial charge in [0, 0.05) is 5.02 Å². The van der Waals surface area contributed by atoms with Crippen molar-refractivity contribution in [3.05, 3.63) is 102 Å². The zero-order valence-electron chi connectivity index (χ0n) is 21.6. The smallest absolute Gasteiger partial charge is 0.264 e. The fourth-order valence-electron chi connectivity index (χ4n) is 3.75. The molecule has 4 aromatic rings. The molecule has 0 bridgehead atoms. The molecule has 11 heteroatoms. The van der Waals surface area contributed by atoms with Crippen molar-refractivity contribution in [2.24, 2.45) is 0 Å². The topological polar surface area (TPSA) is 94.2 Å². The summed E-state index contributed by atoms with van der Waals surface area (Å²) >= 11 is 6.18. The SMILES string of the molecule is CCOc1ccc(S(=O)(=O)N(CC(=O)Nc2cc(Cl)ccc2Oc2ccccc2OC)c2ccc(F)cc2)cc1. The number of carbonyl (C=O) groups excluding carboxylic acids is 1. The predicted octanol–water partition coefficient (Wildman–Crippen LogP) is 6.51. The van der Waals surface area contributed by atoms with Crippen LogP contribution in [0.2, 0.25) is 5.02 Å². The van der Waals surface area contributed by atoms with Crippen molar-refractivity contribution in [1.29, 1.82) is 0 Å². The Hall–Kier alpha value is -4.28. The maximum absolute atomic E-state index is 13.7. The zero-order chi connectivity index (χ0) is 28.7. The van der Waals surface area contributed by atoms with E-state index in [2.05, 4.69) is 5.32 Å². The van der Waals surface area contributed by atoms with Crippen molar-refractivity contribution in [3.63, 3.8) is 0 Å². The van der Waals surface area contributed by atoms with Crippen LogP contribution in [0, 0.1) is 5.82 Å². The molecule has 0 aliphatic heterocycles. The van der Waals surface area contributed by atoms with Crippen molar-refractivity contribution in [2.75, 3.05) is 29.9 Å². The molecule has 0 aliphatic carbocycles. The van der Waals surface area contributed by atoms with Gasteiger partial charge >= 0.3 is 0 Å². The number of methoxy groups -OCH3 is 1. The molecule has 8 nitrogen and oxygen atoms in total. The first-order valence-corrected chi connectivity index (χ1v) is 13.9. The molecule has 1 N–H and O–H groups in total. The number of para-hydroxylation sites is 2. The van der Waals surface area contributed by atoms with Gasteiger partial charge in [0.05, 0.1) is 30.0 Å². The van der Waals surface area contributed by atoms with Gasteiger partial charge in [-0.05, 0) is 85.8 Å². The molecule has 0 saturated heterocycles. The lowest BCUT2D eigenvalue weighted by molar-refractivity contribution is -0.114. The molecular weight excluding hydrogens is 559 g/mol. The number of nitrogens with one attached hydrogen (secondary N) is 1. The number of nitrogens with zero attached hydrogens (tertiary/aromatic N) is 1. The summed E-state index contributed by atoms with van der Waals surface area (Å²) in [5, 5.41) is 3.00. The Balaban J connectivity index is 1.64. The van der Waals surface area contributed by atoms with Crippen molar-refractivity contribution >= 4 is 38.9 Å². The minimum atomic E-state index is -4.24. The Morgan fingerprint density at radius 2 is 1.60 bits per heavy atom. The number of rotatable bonds is 11. The van der Waals surface area contributed by atoms with E-state index in [0.29, 0.717) is 28.9 Å². The van der Waals surface area contributed by atoms with E-state index < -0.39 is 28.3 Å². The summed E-state index contributed by atoms with van der Waals surface area (Å²) in [4.78, 5) is 13.2. The van der Waals surface area contributed by atoms with Crippen LogP contribution in [0.5, 0.6) is 23.0 Å². The van der Waals surface area contributed by atoms with Crippen molar-refractivity contribution in [2.45, 2.75) is 11.8 Å². The molecule has 4 aromatic carbocycles. The van der Waals surface area contributed by atoms with Crippen LogP contribution >= 0.6 is 11.6 Å². The Bertz CT molecular complexity index is 1580. The van der Waals surface area contributed by atoms with Crippen LogP contribution < -0.4 is 23.8 Å². The van der Waals surface area contributed by atoms with Crippen LogP contribution in [0.3, 0.4) is 0 Å². The van der Waals surface area contributed by atoms with Crippen molar-refractivity contribution < 1.29 is 31.8 Å². The Morgan fingerprint density at radius 1 is 0.925 bits per heavy atom. The van der Waals surface area contributed by atoms with E-state index in [0.717, 1.165) is 16.4 Å². The third-order valence-electron chi connectivity index (χ3n) is 5.63. The molecule has 208 valence electrons. The summed E-state index contributed by atoms with van der Waals surface area (Å²) in [7, 11) is -2.74. The summed E-state index contributed by atoms with van der Waals surface area (Å²) in [5.41, 5.74) is 0.308. The average molecular weight is 585 g/mol. The largest absolute Gasteiger partial charge is 0.494 e. The lowest BCUT2D eigenvalue weighted by Crippen LogP contribution is -2.38. The Kier molecular flexibility index (Phi) is 9.13. The van der Waals surface area contributed by atoms with E-state index in [1.807, 2.05) is 6.92 Å². The van der Waals surface area contributed by atoms with Gasteiger partial charge in [-0.15, -0.1) is 0 Å². The van der Waals surface area contributed by atoms with Gasteiger partial charge in [0.15, 0.2) is 17.2 Å². The van der Waals surface area contributed by atoms with Gasteiger partial charge in [0.2, 0.25) is 5.91 Å². The molecule has 4 rings (SSSR count). The summed E-state index contributed by atoms with van der Waals surface area (Å²) in [6, 6.07) is 22.2. The van der Waals surface area contributed by atoms with Gasteiger partial charge in [-0.2, -0.15) is 0 Å². The molecule has 40 heavy (non-hydrogen) atoms. The molecule has 0 heterocycles. The average Bonchev–Trinajstić information content (AvgIpc) is 2.94. The number of amides is 1. The van der Waals surface area contributed by atoms with Crippen LogP contribution in [0.15, 0.2) is 95.9 Å². The molecule has 0 saturated carbocycles. The Labute approximate surface area is 236 Å². The second-order valence-corrected chi connectivity index (χ2v) is 10.6. The van der Waals surface area contributed by atoms with Crippen LogP contribution in [0.4, 0.5) is 15.8 Å². The second kappa shape index (κ2) is 12.7. The number of hydrogen-bond donors (Lipinski definition) is 1. The molecule has 0 aromatic heterocycles. The molecule has 0 aliphatic rings. The molecule has 1 amide bonds. The van der Waals surface area contributed by atoms with E-state index in [-0.39, 0.29) is 22.0 Å². The first kappa shape index (κ1) is 28.7. The van der Waals surface area contributed by atoms with Crippen molar-refractivity contribution in [1.82, 2.24) is 0 Å². The van der Waals surface area contributed by atoms with E-state index in [9.17, 15) is 17.6 Å². The number of halogens is 2. The fourth-order valence-corrected chi connectivity index (χ4v) is 5.35. The van der Waals surface area contributed by atoms with Crippen LogP contribution in [0.1, 0.15) is 6.92 Å². The minimum absolute atomic E-state index is 0.0731. The third kappa shape index (κ3) is 6.83. The maximum atomic E-state index is 13.7. The van der Waals surface area contributed by atoms with Gasteiger partial charge in [0.1, 0.15) is 18.1 Å². The van der Waals surface area contributed by atoms with Crippen LogP contribution in [-0.4, -0.2) is 34.6 Å². The fraction of sp³-hybridized carbons (Fsp3) is 0.138. The maximum Gasteiger partial charge on any atom is 0.264 e. The van der Waals surface area contributed by atoms with Crippen LogP contribution in [-0.2, 0) is 14.8 Å². The normalized spacial score (nSPS) is 11.0. The number of benzene rings is 4. The summed E-state index contributed by atoms with van der Waals surface area (Å²) < 4.78 is 58.6. The first-order chi connectivity index (χ1) is 19.2. The first-order valence-electron chi connectivity index (χ1n) is 12.1. The van der Waals surface area contributed by atoms with Gasteiger partial charge in [-0.25, -0.2) is 12.8 Å². The lowest BCUT2D eigenvalue weighted by atomic mass is 10.2. The van der Waals surface area contributed by atoms with Gasteiger partial charge in [-0.3, -0.25) is 9.10 Å². The summed E-state index contributed by atoms with van der Waals surface area (Å²) in [6.45, 7) is 1.61. The minimum Gasteiger partial charge on any atom is -0.494 e. The lowest BCUT2D eigenvalue weighted by Gasteiger charge is -2.24. The molecule has 0 unspecified atom stereocenters. The molecular formula is C29H26ClFN2O6S. The number of anilines is 2. The molecule has 0 fully saturated rings. The quantitative estimate of drug-likeness (QED) is 0.216. The Morgan fingerprint density at radius 3 is 2.25 bits per heavy atom. The van der Waals surface area contributed by atoms with Crippen LogP contribution in [0.25, 0.3) is 0 Å². The monoisotopic (exact) mass is 584 g/mol. The number of ether oxygens (including phenoxy) is 3. The highest BCUT2D eigenvalue weighted by molar-refractivity contribution is 7.92. The third-order valence-corrected chi connectivity index (χ3v) is 7.65.